The van der Waals surface area contributed by atoms with Gasteiger partial charge in [-0.3, -0.25) is 4.79 Å². The Kier molecular flexibility index (Phi) is 3.71. The summed E-state index contributed by atoms with van der Waals surface area (Å²) in [7, 11) is 0. The molecule has 2 spiro atoms. The van der Waals surface area contributed by atoms with Crippen LogP contribution in [-0.4, -0.2) is 35.6 Å². The summed E-state index contributed by atoms with van der Waals surface area (Å²) in [4.78, 5) is 12.8. The molecule has 0 radical (unpaired) electrons. The minimum Gasteiger partial charge on any atom is -0.509 e. The van der Waals surface area contributed by atoms with Crippen molar-refractivity contribution in [3.63, 3.8) is 0 Å². The summed E-state index contributed by atoms with van der Waals surface area (Å²) in [5.74, 6) is -0.519. The number of ether oxygens (including phenoxy) is 2. The molecular formula is C20H25NO4. The zero-order valence-corrected chi connectivity index (χ0v) is 15.1. The largest absolute Gasteiger partial charge is 0.509 e. The summed E-state index contributed by atoms with van der Waals surface area (Å²) in [6.07, 6.45) is 2.60. The number of hydrogen-bond donors (Lipinski definition) is 2. The minimum absolute atomic E-state index is 0.182. The average molecular weight is 343 g/mol. The molecular weight excluding hydrogens is 318 g/mol. The number of aliphatic hydroxyl groups excluding tert-OH is 1. The molecule has 1 saturated heterocycles. The molecule has 5 nitrogen and oxygen atoms in total. The molecule has 2 heterocycles. The molecule has 2 N–H and O–H groups in total. The SMILES string of the molecule is Cc1ccc(C)c(C2=C(O)C3(CCC4(CC3)OCCO4)NC2=O)c1C. The molecule has 1 aromatic carbocycles. The van der Waals surface area contributed by atoms with Crippen LogP contribution in [-0.2, 0) is 14.3 Å². The van der Waals surface area contributed by atoms with Gasteiger partial charge in [0.2, 0.25) is 0 Å². The lowest BCUT2D eigenvalue weighted by Crippen LogP contribution is -2.51. The van der Waals surface area contributed by atoms with Gasteiger partial charge >= 0.3 is 0 Å². The Balaban J connectivity index is 1.73. The Bertz CT molecular complexity index is 764. The van der Waals surface area contributed by atoms with Crippen LogP contribution in [0, 0.1) is 20.8 Å². The van der Waals surface area contributed by atoms with Crippen molar-refractivity contribution in [2.24, 2.45) is 0 Å². The molecule has 5 heteroatoms. The van der Waals surface area contributed by atoms with Gasteiger partial charge in [-0.25, -0.2) is 0 Å². The van der Waals surface area contributed by atoms with Crippen molar-refractivity contribution in [2.75, 3.05) is 13.2 Å². The maximum Gasteiger partial charge on any atom is 0.256 e. The predicted molar refractivity (Wildman–Crippen MR) is 94.2 cm³/mol. The molecule has 1 amide bonds. The molecule has 1 saturated carbocycles. The summed E-state index contributed by atoms with van der Waals surface area (Å²) < 4.78 is 11.6. The summed E-state index contributed by atoms with van der Waals surface area (Å²) in [6, 6.07) is 4.06. The Labute approximate surface area is 148 Å². The fraction of sp³-hybridized carbons (Fsp3) is 0.550. The van der Waals surface area contributed by atoms with Crippen LogP contribution in [0.25, 0.3) is 5.57 Å². The van der Waals surface area contributed by atoms with Crippen molar-refractivity contribution in [3.8, 4) is 0 Å². The number of aliphatic hydroxyl groups is 1. The van der Waals surface area contributed by atoms with Gasteiger partial charge in [0.25, 0.3) is 5.91 Å². The third-order valence-electron chi connectivity index (χ3n) is 6.14. The predicted octanol–water partition coefficient (Wildman–Crippen LogP) is 3.07. The Hall–Kier alpha value is -1.85. The summed E-state index contributed by atoms with van der Waals surface area (Å²) >= 11 is 0. The quantitative estimate of drug-likeness (QED) is 0.822. The van der Waals surface area contributed by atoms with Crippen LogP contribution in [0.4, 0.5) is 0 Å². The fourth-order valence-electron chi connectivity index (χ4n) is 4.46. The van der Waals surface area contributed by atoms with E-state index in [0.29, 0.717) is 44.5 Å². The van der Waals surface area contributed by atoms with Gasteiger partial charge in [0.05, 0.1) is 24.3 Å². The van der Waals surface area contributed by atoms with E-state index in [1.807, 2.05) is 32.9 Å². The third-order valence-corrected chi connectivity index (χ3v) is 6.14. The highest BCUT2D eigenvalue weighted by Gasteiger charge is 2.53. The fourth-order valence-corrected chi connectivity index (χ4v) is 4.46. The van der Waals surface area contributed by atoms with E-state index in [1.165, 1.54) is 0 Å². The number of nitrogens with one attached hydrogen (secondary N) is 1. The lowest BCUT2D eigenvalue weighted by atomic mass is 9.77. The van der Waals surface area contributed by atoms with Crippen molar-refractivity contribution in [3.05, 3.63) is 40.1 Å². The van der Waals surface area contributed by atoms with Gasteiger partial charge < -0.3 is 19.9 Å². The van der Waals surface area contributed by atoms with Crippen LogP contribution in [0.5, 0.6) is 0 Å². The van der Waals surface area contributed by atoms with E-state index in [1.54, 1.807) is 0 Å². The van der Waals surface area contributed by atoms with Gasteiger partial charge in [-0.15, -0.1) is 0 Å². The second-order valence-electron chi connectivity index (χ2n) is 7.57. The molecule has 3 aliphatic rings. The highest BCUT2D eigenvalue weighted by molar-refractivity contribution is 6.24. The Morgan fingerprint density at radius 3 is 2.24 bits per heavy atom. The molecule has 0 bridgehead atoms. The highest BCUT2D eigenvalue weighted by Crippen LogP contribution is 2.47. The van der Waals surface area contributed by atoms with Gasteiger partial charge in [0.15, 0.2) is 5.79 Å². The second kappa shape index (κ2) is 5.58. The molecule has 1 aliphatic carbocycles. The van der Waals surface area contributed by atoms with Gasteiger partial charge in [-0.1, -0.05) is 12.1 Å². The van der Waals surface area contributed by atoms with Crippen molar-refractivity contribution < 1.29 is 19.4 Å². The van der Waals surface area contributed by atoms with Gasteiger partial charge in [0.1, 0.15) is 5.76 Å². The first-order valence-corrected chi connectivity index (χ1v) is 8.99. The van der Waals surface area contributed by atoms with Crippen LogP contribution < -0.4 is 5.32 Å². The highest BCUT2D eigenvalue weighted by atomic mass is 16.7. The standard InChI is InChI=1S/C20H25NO4/c1-12-4-5-13(2)15(14(12)3)16-17(22)19(21-18(16)23)6-8-20(9-7-19)24-10-11-25-20/h4-5,22H,6-11H2,1-3H3,(H,21,23). The molecule has 0 aromatic heterocycles. The summed E-state index contributed by atoms with van der Waals surface area (Å²) in [5.41, 5.74) is 3.78. The second-order valence-corrected chi connectivity index (χ2v) is 7.57. The normalized spacial score (nSPS) is 24.4. The number of aryl methyl sites for hydroxylation is 2. The number of amides is 1. The molecule has 4 rings (SSSR count). The number of rotatable bonds is 1. The number of carbonyl (C=O) groups excluding carboxylic acids is 1. The average Bonchev–Trinajstić information content (AvgIpc) is 3.13. The van der Waals surface area contributed by atoms with E-state index in [9.17, 15) is 9.90 Å². The first kappa shape index (κ1) is 16.6. The molecule has 25 heavy (non-hydrogen) atoms. The number of benzene rings is 1. The maximum atomic E-state index is 12.8. The summed E-state index contributed by atoms with van der Waals surface area (Å²) in [5, 5.41) is 14.1. The van der Waals surface area contributed by atoms with Crippen molar-refractivity contribution in [1.82, 2.24) is 5.32 Å². The number of carbonyl (C=O) groups is 1. The van der Waals surface area contributed by atoms with Crippen LogP contribution >= 0.6 is 0 Å². The molecule has 134 valence electrons. The van der Waals surface area contributed by atoms with E-state index in [-0.39, 0.29) is 11.7 Å². The molecule has 2 fully saturated rings. The molecule has 0 atom stereocenters. The summed E-state index contributed by atoms with van der Waals surface area (Å²) in [6.45, 7) is 7.25. The van der Waals surface area contributed by atoms with E-state index >= 15 is 0 Å². The van der Waals surface area contributed by atoms with Crippen LogP contribution in [0.15, 0.2) is 17.9 Å². The lowest BCUT2D eigenvalue weighted by molar-refractivity contribution is -0.185. The van der Waals surface area contributed by atoms with E-state index in [2.05, 4.69) is 5.32 Å². The number of hydrogen-bond acceptors (Lipinski definition) is 4. The lowest BCUT2D eigenvalue weighted by Gasteiger charge is -2.41. The zero-order chi connectivity index (χ0) is 17.8. The van der Waals surface area contributed by atoms with E-state index < -0.39 is 11.3 Å². The molecule has 0 unspecified atom stereocenters. The van der Waals surface area contributed by atoms with Crippen LogP contribution in [0.2, 0.25) is 0 Å². The van der Waals surface area contributed by atoms with Crippen LogP contribution in [0.1, 0.15) is 47.9 Å². The minimum atomic E-state index is -0.685. The maximum absolute atomic E-state index is 12.8. The topological polar surface area (TPSA) is 67.8 Å². The first-order valence-electron chi connectivity index (χ1n) is 8.99. The van der Waals surface area contributed by atoms with Crippen LogP contribution in [0.3, 0.4) is 0 Å². The van der Waals surface area contributed by atoms with Crippen molar-refractivity contribution in [2.45, 2.75) is 57.8 Å². The van der Waals surface area contributed by atoms with Gasteiger partial charge in [0, 0.05) is 12.8 Å². The molecule has 1 aromatic rings. The smallest absolute Gasteiger partial charge is 0.256 e. The van der Waals surface area contributed by atoms with Crippen molar-refractivity contribution >= 4 is 11.5 Å². The zero-order valence-electron chi connectivity index (χ0n) is 15.1. The van der Waals surface area contributed by atoms with E-state index in [0.717, 1.165) is 22.3 Å². The Morgan fingerprint density at radius 1 is 1.00 bits per heavy atom. The first-order chi connectivity index (χ1) is 11.9. The van der Waals surface area contributed by atoms with Gasteiger partial charge in [-0.2, -0.15) is 0 Å². The van der Waals surface area contributed by atoms with E-state index in [4.69, 9.17) is 9.47 Å². The van der Waals surface area contributed by atoms with Gasteiger partial charge in [-0.05, 0) is 55.9 Å². The third kappa shape index (κ3) is 2.41. The molecule has 2 aliphatic heterocycles. The van der Waals surface area contributed by atoms with Crippen molar-refractivity contribution in [1.29, 1.82) is 0 Å². The monoisotopic (exact) mass is 343 g/mol. The Morgan fingerprint density at radius 2 is 1.60 bits per heavy atom.